The fourth-order valence-electron chi connectivity index (χ4n) is 2.93. The molecule has 1 aliphatic heterocycles. The molecule has 132 valence electrons. The number of imidazole rings is 1. The van der Waals surface area contributed by atoms with E-state index in [-0.39, 0.29) is 23.7 Å². The van der Waals surface area contributed by atoms with Gasteiger partial charge < -0.3 is 14.4 Å². The summed E-state index contributed by atoms with van der Waals surface area (Å²) in [5.41, 5.74) is 0.857. The number of aryl methyl sites for hydroxylation is 1. The van der Waals surface area contributed by atoms with Crippen molar-refractivity contribution in [2.24, 2.45) is 0 Å². The molecule has 7 heteroatoms. The van der Waals surface area contributed by atoms with Gasteiger partial charge in [-0.25, -0.2) is 9.37 Å². The van der Waals surface area contributed by atoms with Crippen LogP contribution in [0, 0.1) is 12.7 Å². The van der Waals surface area contributed by atoms with E-state index >= 15 is 0 Å². The number of amides is 2. The minimum Gasteiger partial charge on any atom is -0.337 e. The number of halogens is 1. The molecule has 1 fully saturated rings. The summed E-state index contributed by atoms with van der Waals surface area (Å²) in [4.78, 5) is 32.4. The lowest BCUT2D eigenvalue weighted by Crippen LogP contribution is -2.51. The van der Waals surface area contributed by atoms with Gasteiger partial charge in [-0.15, -0.1) is 0 Å². The van der Waals surface area contributed by atoms with Gasteiger partial charge in [-0.2, -0.15) is 0 Å². The normalized spacial score (nSPS) is 16.0. The van der Waals surface area contributed by atoms with Crippen LogP contribution in [0.3, 0.4) is 0 Å². The van der Waals surface area contributed by atoms with Gasteiger partial charge in [-0.1, -0.05) is 6.07 Å². The van der Waals surface area contributed by atoms with E-state index < -0.39 is 0 Å². The zero-order chi connectivity index (χ0) is 18.0. The predicted octanol–water partition coefficient (Wildman–Crippen LogP) is 1.88. The summed E-state index contributed by atoms with van der Waals surface area (Å²) in [5.74, 6) is -0.575. The molecule has 1 aromatic heterocycles. The molecule has 1 aliphatic rings. The first-order chi connectivity index (χ1) is 12.0. The average Bonchev–Trinajstić information content (AvgIpc) is 3.17. The summed E-state index contributed by atoms with van der Waals surface area (Å²) in [7, 11) is 0. The molecule has 1 atom stereocenters. The molecular weight excluding hydrogens is 323 g/mol. The second-order valence-electron chi connectivity index (χ2n) is 6.27. The number of hydrogen-bond donors (Lipinski definition) is 0. The highest BCUT2D eigenvalue weighted by Gasteiger charge is 2.28. The molecule has 0 radical (unpaired) electrons. The molecule has 0 aliphatic carbocycles. The van der Waals surface area contributed by atoms with Crippen molar-refractivity contribution in [2.75, 3.05) is 26.2 Å². The standard InChI is InChI=1S/C18H21FN4O2/c1-13-3-4-15(11-16(13)19)18(25)22-9-7-21(8-10-22)17(24)14(2)23-6-5-20-12-23/h3-6,11-12,14H,7-10H2,1-2H3/t14-/m1/s1. The molecule has 1 saturated heterocycles. The van der Waals surface area contributed by atoms with Gasteiger partial charge in [0.1, 0.15) is 11.9 Å². The quantitative estimate of drug-likeness (QED) is 0.854. The molecular formula is C18H21FN4O2. The van der Waals surface area contributed by atoms with Gasteiger partial charge in [-0.05, 0) is 31.5 Å². The maximum absolute atomic E-state index is 13.7. The lowest BCUT2D eigenvalue weighted by molar-refractivity contribution is -0.135. The van der Waals surface area contributed by atoms with Crippen LogP contribution in [-0.4, -0.2) is 57.3 Å². The second kappa shape index (κ2) is 7.04. The van der Waals surface area contributed by atoms with Gasteiger partial charge in [0.25, 0.3) is 5.91 Å². The molecule has 0 saturated carbocycles. The molecule has 0 unspecified atom stereocenters. The van der Waals surface area contributed by atoms with Crippen LogP contribution in [-0.2, 0) is 4.79 Å². The van der Waals surface area contributed by atoms with Crippen molar-refractivity contribution in [1.29, 1.82) is 0 Å². The number of piperazine rings is 1. The van der Waals surface area contributed by atoms with Crippen LogP contribution in [0.4, 0.5) is 4.39 Å². The zero-order valence-electron chi connectivity index (χ0n) is 14.4. The van der Waals surface area contributed by atoms with E-state index in [2.05, 4.69) is 4.98 Å². The largest absolute Gasteiger partial charge is 0.337 e. The minimum atomic E-state index is -0.381. The number of aromatic nitrogens is 2. The summed E-state index contributed by atoms with van der Waals surface area (Å²) in [5, 5.41) is 0. The molecule has 0 spiro atoms. The van der Waals surface area contributed by atoms with Crippen LogP contribution in [0.15, 0.2) is 36.9 Å². The van der Waals surface area contributed by atoms with E-state index in [4.69, 9.17) is 0 Å². The van der Waals surface area contributed by atoms with Crippen molar-refractivity contribution in [2.45, 2.75) is 19.9 Å². The van der Waals surface area contributed by atoms with Crippen LogP contribution >= 0.6 is 0 Å². The lowest BCUT2D eigenvalue weighted by atomic mass is 10.1. The van der Waals surface area contributed by atoms with Gasteiger partial charge in [-0.3, -0.25) is 9.59 Å². The van der Waals surface area contributed by atoms with Crippen LogP contribution in [0.5, 0.6) is 0 Å². The highest BCUT2D eigenvalue weighted by Crippen LogP contribution is 2.15. The Morgan fingerprint density at radius 2 is 1.84 bits per heavy atom. The van der Waals surface area contributed by atoms with Gasteiger partial charge in [0.15, 0.2) is 0 Å². The first kappa shape index (κ1) is 17.1. The lowest BCUT2D eigenvalue weighted by Gasteiger charge is -2.36. The minimum absolute atomic E-state index is 0.00600. The Labute approximate surface area is 145 Å². The highest BCUT2D eigenvalue weighted by molar-refractivity contribution is 5.94. The summed E-state index contributed by atoms with van der Waals surface area (Å²) in [6.07, 6.45) is 5.02. The molecule has 25 heavy (non-hydrogen) atoms. The van der Waals surface area contributed by atoms with Gasteiger partial charge in [0, 0.05) is 44.1 Å². The third-order valence-electron chi connectivity index (χ3n) is 4.63. The van der Waals surface area contributed by atoms with Crippen molar-refractivity contribution >= 4 is 11.8 Å². The van der Waals surface area contributed by atoms with Crippen molar-refractivity contribution in [1.82, 2.24) is 19.4 Å². The van der Waals surface area contributed by atoms with Crippen molar-refractivity contribution < 1.29 is 14.0 Å². The number of hydrogen-bond acceptors (Lipinski definition) is 3. The third kappa shape index (κ3) is 3.55. The van der Waals surface area contributed by atoms with Gasteiger partial charge in [0.05, 0.1) is 6.33 Å². The summed E-state index contributed by atoms with van der Waals surface area (Å²) < 4.78 is 15.4. The molecule has 0 bridgehead atoms. The first-order valence-electron chi connectivity index (χ1n) is 8.29. The molecule has 0 N–H and O–H groups in total. The van der Waals surface area contributed by atoms with E-state index in [0.717, 1.165) is 0 Å². The SMILES string of the molecule is Cc1ccc(C(=O)N2CCN(C(=O)[C@@H](C)n3ccnc3)CC2)cc1F. The Balaban J connectivity index is 1.60. The predicted molar refractivity (Wildman–Crippen MR) is 90.6 cm³/mol. The van der Waals surface area contributed by atoms with E-state index in [1.54, 1.807) is 52.1 Å². The zero-order valence-corrected chi connectivity index (χ0v) is 14.4. The molecule has 2 amide bonds. The Bertz CT molecular complexity index is 767. The van der Waals surface area contributed by atoms with Crippen molar-refractivity contribution in [3.8, 4) is 0 Å². The summed E-state index contributed by atoms with van der Waals surface area (Å²) in [6, 6.07) is 4.20. The monoisotopic (exact) mass is 344 g/mol. The van der Waals surface area contributed by atoms with E-state index in [1.807, 2.05) is 6.92 Å². The molecule has 2 heterocycles. The molecule has 1 aromatic carbocycles. The number of carbonyl (C=O) groups is 2. The molecule has 2 aromatic rings. The van der Waals surface area contributed by atoms with E-state index in [0.29, 0.717) is 37.3 Å². The van der Waals surface area contributed by atoms with Gasteiger partial charge >= 0.3 is 0 Å². The van der Waals surface area contributed by atoms with Crippen LogP contribution < -0.4 is 0 Å². The van der Waals surface area contributed by atoms with E-state index in [1.165, 1.54) is 6.07 Å². The topological polar surface area (TPSA) is 58.4 Å². The number of rotatable bonds is 3. The second-order valence-corrected chi connectivity index (χ2v) is 6.27. The van der Waals surface area contributed by atoms with Crippen molar-refractivity contribution in [3.05, 3.63) is 53.9 Å². The average molecular weight is 344 g/mol. The van der Waals surface area contributed by atoms with Crippen LogP contribution in [0.2, 0.25) is 0 Å². The maximum atomic E-state index is 13.7. The molecule has 3 rings (SSSR count). The van der Waals surface area contributed by atoms with Crippen LogP contribution in [0.1, 0.15) is 28.9 Å². The Kier molecular flexibility index (Phi) is 4.83. The smallest absolute Gasteiger partial charge is 0.254 e. The Morgan fingerprint density at radius 1 is 1.16 bits per heavy atom. The number of nitrogens with zero attached hydrogens (tertiary/aromatic N) is 4. The number of benzene rings is 1. The first-order valence-corrected chi connectivity index (χ1v) is 8.29. The summed E-state index contributed by atoms with van der Waals surface area (Å²) >= 11 is 0. The fraction of sp³-hybridized carbons (Fsp3) is 0.389. The maximum Gasteiger partial charge on any atom is 0.254 e. The number of carbonyl (C=O) groups excluding carboxylic acids is 2. The Morgan fingerprint density at radius 3 is 2.44 bits per heavy atom. The van der Waals surface area contributed by atoms with Crippen molar-refractivity contribution in [3.63, 3.8) is 0 Å². The van der Waals surface area contributed by atoms with Gasteiger partial charge in [0.2, 0.25) is 5.91 Å². The fourth-order valence-corrected chi connectivity index (χ4v) is 2.93. The van der Waals surface area contributed by atoms with Crippen LogP contribution in [0.25, 0.3) is 0 Å². The third-order valence-corrected chi connectivity index (χ3v) is 4.63. The highest BCUT2D eigenvalue weighted by atomic mass is 19.1. The Hall–Kier alpha value is -2.70. The van der Waals surface area contributed by atoms with E-state index in [9.17, 15) is 14.0 Å². The summed E-state index contributed by atoms with van der Waals surface area (Å²) in [6.45, 7) is 5.31. The molecule has 6 nitrogen and oxygen atoms in total.